The number of nitrogens with zero attached hydrogens (tertiary/aromatic N) is 1. The third-order valence-electron chi connectivity index (χ3n) is 2.09. The largest absolute Gasteiger partial charge is 0.493 e. The van der Waals surface area contributed by atoms with Crippen LogP contribution in [0.4, 0.5) is 8.78 Å². The average Bonchev–Trinajstić information content (AvgIpc) is 2.37. The minimum atomic E-state index is -0.915. The van der Waals surface area contributed by atoms with Gasteiger partial charge in [0.05, 0.1) is 12.8 Å². The molecule has 0 saturated carbocycles. The molecule has 0 aliphatic carbocycles. The van der Waals surface area contributed by atoms with Crippen molar-refractivity contribution < 1.29 is 13.5 Å². The number of rotatable bonds is 5. The molecule has 18 heavy (non-hydrogen) atoms. The van der Waals surface area contributed by atoms with Gasteiger partial charge in [0, 0.05) is 19.5 Å². The van der Waals surface area contributed by atoms with Gasteiger partial charge in [0.1, 0.15) is 0 Å². The van der Waals surface area contributed by atoms with Crippen molar-refractivity contribution in [1.29, 1.82) is 0 Å². The molecule has 0 aromatic heterocycles. The molecule has 5 heteroatoms. The van der Waals surface area contributed by atoms with E-state index in [-0.39, 0.29) is 0 Å². The van der Waals surface area contributed by atoms with Crippen LogP contribution in [0.2, 0.25) is 0 Å². The molecule has 1 aromatic rings. The molecule has 1 rings (SSSR count). The molecule has 1 aromatic carbocycles. The van der Waals surface area contributed by atoms with Gasteiger partial charge < -0.3 is 10.1 Å². The maximum Gasteiger partial charge on any atom is 0.159 e. The van der Waals surface area contributed by atoms with Gasteiger partial charge in [0.25, 0.3) is 0 Å². The highest BCUT2D eigenvalue weighted by Gasteiger charge is 2.02. The predicted molar refractivity (Wildman–Crippen MR) is 67.2 cm³/mol. The van der Waals surface area contributed by atoms with Crippen LogP contribution in [0.5, 0.6) is 0 Å². The van der Waals surface area contributed by atoms with Crippen LogP contribution in [0.15, 0.2) is 47.4 Å². The fourth-order valence-corrected chi connectivity index (χ4v) is 1.20. The number of hydrogen-bond acceptors (Lipinski definition) is 3. The molecule has 0 fully saturated rings. The standard InChI is InChI=1S/C13H14F2N2O/c1-9(13(18-3)8-16-2)17-7-10-4-5-11(14)12(15)6-10/h4-8,16H,1H2,2-3H3/b13-8+,17-7?. The average molecular weight is 252 g/mol. The Morgan fingerprint density at radius 3 is 2.67 bits per heavy atom. The molecule has 0 unspecified atom stereocenters. The fourth-order valence-electron chi connectivity index (χ4n) is 1.20. The zero-order valence-corrected chi connectivity index (χ0v) is 10.2. The van der Waals surface area contributed by atoms with Gasteiger partial charge in [0.15, 0.2) is 17.4 Å². The van der Waals surface area contributed by atoms with Crippen molar-refractivity contribution in [3.05, 3.63) is 59.6 Å². The molecule has 96 valence electrons. The normalized spacial score (nSPS) is 11.7. The molecule has 0 amide bonds. The Balaban J connectivity index is 2.83. The Bertz CT molecular complexity index is 496. The lowest BCUT2D eigenvalue weighted by Crippen LogP contribution is -1.99. The van der Waals surface area contributed by atoms with Gasteiger partial charge in [-0.25, -0.2) is 8.78 Å². The quantitative estimate of drug-likeness (QED) is 0.496. The van der Waals surface area contributed by atoms with Gasteiger partial charge in [-0.3, -0.25) is 4.99 Å². The Morgan fingerprint density at radius 1 is 1.39 bits per heavy atom. The van der Waals surface area contributed by atoms with E-state index in [9.17, 15) is 8.78 Å². The Morgan fingerprint density at radius 2 is 2.11 bits per heavy atom. The fraction of sp³-hybridized carbons (Fsp3) is 0.154. The van der Waals surface area contributed by atoms with Crippen molar-refractivity contribution in [2.75, 3.05) is 14.2 Å². The molecule has 0 radical (unpaired) electrons. The van der Waals surface area contributed by atoms with Gasteiger partial charge >= 0.3 is 0 Å². The zero-order valence-electron chi connectivity index (χ0n) is 10.2. The second-order valence-corrected chi connectivity index (χ2v) is 3.38. The number of methoxy groups -OCH3 is 1. The SMILES string of the molecule is C=C(N=Cc1ccc(F)c(F)c1)/C(=C\NC)OC. The third-order valence-corrected chi connectivity index (χ3v) is 2.09. The van der Waals surface area contributed by atoms with Crippen LogP contribution < -0.4 is 5.32 Å². The topological polar surface area (TPSA) is 33.6 Å². The number of aliphatic imine (C=N–C) groups is 1. The zero-order chi connectivity index (χ0) is 13.5. The van der Waals surface area contributed by atoms with E-state index in [0.29, 0.717) is 17.0 Å². The lowest BCUT2D eigenvalue weighted by Gasteiger charge is -2.04. The van der Waals surface area contributed by atoms with Gasteiger partial charge in [-0.05, 0) is 17.7 Å². The number of nitrogens with one attached hydrogen (secondary N) is 1. The third kappa shape index (κ3) is 3.69. The summed E-state index contributed by atoms with van der Waals surface area (Å²) in [5, 5.41) is 2.78. The highest BCUT2D eigenvalue weighted by molar-refractivity contribution is 5.80. The molecule has 0 aliphatic heterocycles. The molecule has 0 atom stereocenters. The molecule has 0 saturated heterocycles. The summed E-state index contributed by atoms with van der Waals surface area (Å²) in [4.78, 5) is 4.01. The Labute approximate surface area is 104 Å². The van der Waals surface area contributed by atoms with E-state index in [1.807, 2.05) is 0 Å². The molecule has 0 spiro atoms. The van der Waals surface area contributed by atoms with E-state index in [1.165, 1.54) is 19.4 Å². The minimum Gasteiger partial charge on any atom is -0.493 e. The van der Waals surface area contributed by atoms with Gasteiger partial charge in [-0.15, -0.1) is 0 Å². The van der Waals surface area contributed by atoms with Gasteiger partial charge in [-0.1, -0.05) is 12.6 Å². The summed E-state index contributed by atoms with van der Waals surface area (Å²) in [6, 6.07) is 3.52. The molecule has 3 nitrogen and oxygen atoms in total. The highest BCUT2D eigenvalue weighted by Crippen LogP contribution is 2.10. The summed E-state index contributed by atoms with van der Waals surface area (Å²) in [5.41, 5.74) is 0.812. The van der Waals surface area contributed by atoms with E-state index in [4.69, 9.17) is 4.74 Å². The Kier molecular flexibility index (Phi) is 5.05. The van der Waals surface area contributed by atoms with Crippen LogP contribution in [-0.2, 0) is 4.74 Å². The van der Waals surface area contributed by atoms with E-state index in [2.05, 4.69) is 16.9 Å². The van der Waals surface area contributed by atoms with Crippen molar-refractivity contribution >= 4 is 6.21 Å². The number of halogens is 2. The van der Waals surface area contributed by atoms with Crippen LogP contribution in [0.3, 0.4) is 0 Å². The summed E-state index contributed by atoms with van der Waals surface area (Å²) in [7, 11) is 3.20. The summed E-state index contributed by atoms with van der Waals surface area (Å²) in [6.45, 7) is 3.70. The first-order chi connectivity index (χ1) is 8.58. The molecular weight excluding hydrogens is 238 g/mol. The number of hydrogen-bond donors (Lipinski definition) is 1. The van der Waals surface area contributed by atoms with Crippen LogP contribution in [0.1, 0.15) is 5.56 Å². The van der Waals surface area contributed by atoms with Crippen molar-refractivity contribution in [2.24, 2.45) is 4.99 Å². The monoisotopic (exact) mass is 252 g/mol. The smallest absolute Gasteiger partial charge is 0.159 e. The molecular formula is C13H14F2N2O. The van der Waals surface area contributed by atoms with Crippen molar-refractivity contribution in [3.63, 3.8) is 0 Å². The lowest BCUT2D eigenvalue weighted by atomic mass is 10.2. The summed E-state index contributed by atoms with van der Waals surface area (Å²) >= 11 is 0. The Hall–Kier alpha value is -2.17. The highest BCUT2D eigenvalue weighted by atomic mass is 19.2. The molecule has 0 bridgehead atoms. The first kappa shape index (κ1) is 13.9. The number of benzene rings is 1. The van der Waals surface area contributed by atoms with Crippen LogP contribution >= 0.6 is 0 Å². The minimum absolute atomic E-state index is 0.372. The number of ether oxygens (including phenoxy) is 1. The predicted octanol–water partition coefficient (Wildman–Crippen LogP) is 2.60. The first-order valence-electron chi connectivity index (χ1n) is 5.18. The maximum absolute atomic E-state index is 12.9. The second-order valence-electron chi connectivity index (χ2n) is 3.38. The van der Waals surface area contributed by atoms with Crippen LogP contribution in [-0.4, -0.2) is 20.4 Å². The van der Waals surface area contributed by atoms with E-state index in [0.717, 1.165) is 12.1 Å². The lowest BCUT2D eigenvalue weighted by molar-refractivity contribution is 0.298. The molecule has 0 aliphatic rings. The second kappa shape index (κ2) is 6.54. The van der Waals surface area contributed by atoms with Crippen molar-refractivity contribution in [2.45, 2.75) is 0 Å². The van der Waals surface area contributed by atoms with E-state index >= 15 is 0 Å². The van der Waals surface area contributed by atoms with Gasteiger partial charge in [-0.2, -0.15) is 0 Å². The van der Waals surface area contributed by atoms with Crippen molar-refractivity contribution in [1.82, 2.24) is 5.32 Å². The van der Waals surface area contributed by atoms with Gasteiger partial charge in [0.2, 0.25) is 0 Å². The van der Waals surface area contributed by atoms with Crippen LogP contribution in [0.25, 0.3) is 0 Å². The van der Waals surface area contributed by atoms with E-state index in [1.54, 1.807) is 13.2 Å². The van der Waals surface area contributed by atoms with Crippen molar-refractivity contribution in [3.8, 4) is 0 Å². The summed E-state index contributed by atoms with van der Waals surface area (Å²) in [5.74, 6) is -1.35. The van der Waals surface area contributed by atoms with E-state index < -0.39 is 11.6 Å². The first-order valence-corrected chi connectivity index (χ1v) is 5.18. The molecule has 1 N–H and O–H groups in total. The maximum atomic E-state index is 12.9. The van der Waals surface area contributed by atoms with Crippen LogP contribution in [0, 0.1) is 11.6 Å². The molecule has 0 heterocycles. The summed E-state index contributed by atoms with van der Waals surface area (Å²) < 4.78 is 30.7. The summed E-state index contributed by atoms with van der Waals surface area (Å²) in [6.07, 6.45) is 2.97.